The van der Waals surface area contributed by atoms with Gasteiger partial charge in [0.05, 0.1) is 0 Å². The van der Waals surface area contributed by atoms with Gasteiger partial charge in [-0.3, -0.25) is 0 Å². The standard InChI is InChI=1S/C4H8O.2C3H8.CH5N.H2/c1-3-4(2)5;2*1-3-2;1-2;/h3H2,1-2H3;2*3H2,1-2H3;2H2,1H3;1H. The third-order valence-electron chi connectivity index (χ3n) is 0.498. The summed E-state index contributed by atoms with van der Waals surface area (Å²) >= 11 is 0. The third-order valence-corrected chi connectivity index (χ3v) is 0.498. The molecule has 0 amide bonds. The van der Waals surface area contributed by atoms with Gasteiger partial charge in [-0.05, 0) is 14.0 Å². The van der Waals surface area contributed by atoms with Crippen LogP contribution in [0.3, 0.4) is 0 Å². The molecule has 86 valence electrons. The molecule has 0 aromatic rings. The Balaban J connectivity index is -0.0000000267. The molecule has 0 radical (unpaired) electrons. The van der Waals surface area contributed by atoms with E-state index in [1.165, 1.54) is 19.9 Å². The second-order valence-corrected chi connectivity index (χ2v) is 2.47. The van der Waals surface area contributed by atoms with Crippen molar-refractivity contribution in [2.24, 2.45) is 5.73 Å². The first-order valence-electron chi connectivity index (χ1n) is 5.17. The molecule has 0 bridgehead atoms. The van der Waals surface area contributed by atoms with Crippen LogP contribution in [0.15, 0.2) is 0 Å². The number of rotatable bonds is 1. The van der Waals surface area contributed by atoms with Gasteiger partial charge in [0.2, 0.25) is 0 Å². The Morgan fingerprint density at radius 3 is 1.08 bits per heavy atom. The Hall–Kier alpha value is -0.370. The Kier molecular flexibility index (Phi) is 73.2. The molecule has 0 saturated carbocycles. The minimum Gasteiger partial charge on any atom is -0.333 e. The molecule has 0 fully saturated rings. The second kappa shape index (κ2) is 41.5. The minimum atomic E-state index is 0. The van der Waals surface area contributed by atoms with Crippen LogP contribution >= 0.6 is 0 Å². The van der Waals surface area contributed by atoms with Gasteiger partial charge >= 0.3 is 0 Å². The van der Waals surface area contributed by atoms with E-state index in [1.807, 2.05) is 6.92 Å². The number of Topliss-reactive ketones (excluding diaryl/α,β-unsaturated/α-hetero) is 1. The Morgan fingerprint density at radius 2 is 1.08 bits per heavy atom. The van der Waals surface area contributed by atoms with Crippen LogP contribution in [-0.2, 0) is 4.79 Å². The maximum absolute atomic E-state index is 9.81. The summed E-state index contributed by atoms with van der Waals surface area (Å²) in [6.07, 6.45) is 3.17. The van der Waals surface area contributed by atoms with E-state index < -0.39 is 0 Å². The first-order chi connectivity index (χ1) is 6.10. The van der Waals surface area contributed by atoms with Crippen molar-refractivity contribution in [3.63, 3.8) is 0 Å². The fourth-order valence-corrected chi connectivity index (χ4v) is 0. The summed E-state index contributed by atoms with van der Waals surface area (Å²) in [5, 5.41) is 0. The maximum Gasteiger partial charge on any atom is 0.129 e. The number of carbonyl (C=O) groups excluding carboxylic acids is 1. The molecule has 0 aliphatic rings. The summed E-state index contributed by atoms with van der Waals surface area (Å²) in [4.78, 5) is 9.81. The van der Waals surface area contributed by atoms with Gasteiger partial charge in [0.25, 0.3) is 0 Å². The monoisotopic (exact) mass is 193 g/mol. The lowest BCUT2D eigenvalue weighted by molar-refractivity contribution is -0.116. The summed E-state index contributed by atoms with van der Waals surface area (Å²) in [5.74, 6) is 0.255. The highest BCUT2D eigenvalue weighted by Crippen LogP contribution is 1.71. The maximum atomic E-state index is 9.81. The fourth-order valence-electron chi connectivity index (χ4n) is 0. The van der Waals surface area contributed by atoms with Crippen molar-refractivity contribution in [1.82, 2.24) is 0 Å². The Labute approximate surface area is 86.4 Å². The van der Waals surface area contributed by atoms with Crippen molar-refractivity contribution >= 4 is 5.78 Å². The van der Waals surface area contributed by atoms with Crippen LogP contribution in [0.25, 0.3) is 0 Å². The van der Waals surface area contributed by atoms with Crippen molar-refractivity contribution in [3.05, 3.63) is 0 Å². The molecule has 0 heterocycles. The molecule has 0 rings (SSSR count). The third kappa shape index (κ3) is 406. The summed E-state index contributed by atoms with van der Waals surface area (Å²) < 4.78 is 0. The summed E-state index contributed by atoms with van der Waals surface area (Å²) in [7, 11) is 1.50. The first kappa shape index (κ1) is 22.9. The molecule has 0 aliphatic heterocycles. The van der Waals surface area contributed by atoms with Crippen LogP contribution in [0.1, 0.15) is 62.2 Å². The summed E-state index contributed by atoms with van der Waals surface area (Å²) in [5.41, 5.74) is 4.50. The lowest BCUT2D eigenvalue weighted by atomic mass is 10.4. The van der Waals surface area contributed by atoms with Crippen LogP contribution in [0.5, 0.6) is 0 Å². The molecular weight excluding hydrogens is 162 g/mol. The van der Waals surface area contributed by atoms with E-state index in [2.05, 4.69) is 33.4 Å². The topological polar surface area (TPSA) is 43.1 Å². The van der Waals surface area contributed by atoms with Crippen LogP contribution in [0.2, 0.25) is 0 Å². The van der Waals surface area contributed by atoms with E-state index in [0.29, 0.717) is 6.42 Å². The lowest BCUT2D eigenvalue weighted by Crippen LogP contribution is -1.80. The minimum absolute atomic E-state index is 0. The van der Waals surface area contributed by atoms with Crippen molar-refractivity contribution in [3.8, 4) is 0 Å². The zero-order valence-corrected chi connectivity index (χ0v) is 10.6. The first-order valence-corrected chi connectivity index (χ1v) is 5.17. The quantitative estimate of drug-likeness (QED) is 0.691. The predicted octanol–water partition coefficient (Wildman–Crippen LogP) is 3.64. The van der Waals surface area contributed by atoms with E-state index in [-0.39, 0.29) is 7.21 Å². The molecule has 13 heavy (non-hydrogen) atoms. The zero-order chi connectivity index (χ0) is 11.7. The molecule has 0 atom stereocenters. The molecule has 0 unspecified atom stereocenters. The van der Waals surface area contributed by atoms with Crippen LogP contribution < -0.4 is 5.73 Å². The van der Waals surface area contributed by atoms with Crippen molar-refractivity contribution in [2.75, 3.05) is 7.05 Å². The Morgan fingerprint density at radius 1 is 1.00 bits per heavy atom. The van der Waals surface area contributed by atoms with Gasteiger partial charge in [0.1, 0.15) is 5.78 Å². The fraction of sp³-hybridized carbons (Fsp3) is 0.909. The molecular formula is C11H31NO. The van der Waals surface area contributed by atoms with Crippen molar-refractivity contribution in [2.45, 2.75) is 60.8 Å². The second-order valence-electron chi connectivity index (χ2n) is 2.47. The van der Waals surface area contributed by atoms with Gasteiger partial charge in [-0.25, -0.2) is 0 Å². The van der Waals surface area contributed by atoms with Gasteiger partial charge < -0.3 is 10.5 Å². The van der Waals surface area contributed by atoms with Crippen molar-refractivity contribution in [1.29, 1.82) is 0 Å². The largest absolute Gasteiger partial charge is 0.333 e. The van der Waals surface area contributed by atoms with Crippen molar-refractivity contribution < 1.29 is 6.22 Å². The van der Waals surface area contributed by atoms with Crippen LogP contribution in [0.4, 0.5) is 0 Å². The molecule has 2 heteroatoms. The number of ketones is 1. The van der Waals surface area contributed by atoms with Gasteiger partial charge in [-0.15, -0.1) is 0 Å². The zero-order valence-electron chi connectivity index (χ0n) is 10.6. The SMILES string of the molecule is CCC.CCC.CCC(C)=O.CN.[HH]. The number of hydrogen-bond acceptors (Lipinski definition) is 2. The van der Waals surface area contributed by atoms with Gasteiger partial charge in [0.15, 0.2) is 0 Å². The van der Waals surface area contributed by atoms with Gasteiger partial charge in [-0.2, -0.15) is 0 Å². The van der Waals surface area contributed by atoms with Crippen LogP contribution in [0, 0.1) is 0 Å². The van der Waals surface area contributed by atoms with E-state index in [4.69, 9.17) is 0 Å². The van der Waals surface area contributed by atoms with E-state index in [1.54, 1.807) is 6.92 Å². The van der Waals surface area contributed by atoms with Crippen LogP contribution in [-0.4, -0.2) is 12.8 Å². The number of hydrogen-bond donors (Lipinski definition) is 1. The normalized spacial score (nSPS) is 6.15. The highest BCUT2D eigenvalue weighted by atomic mass is 16.1. The molecule has 0 aliphatic carbocycles. The lowest BCUT2D eigenvalue weighted by Gasteiger charge is -1.71. The molecule has 2 N–H and O–H groups in total. The highest BCUT2D eigenvalue weighted by molar-refractivity contribution is 5.74. The predicted molar refractivity (Wildman–Crippen MR) is 65.1 cm³/mol. The summed E-state index contributed by atoms with van der Waals surface area (Å²) in [6.45, 7) is 11.9. The number of nitrogens with two attached hydrogens (primary N) is 1. The molecule has 0 aromatic carbocycles. The molecule has 2 nitrogen and oxygen atoms in total. The average molecular weight is 193 g/mol. The highest BCUT2D eigenvalue weighted by Gasteiger charge is 1.76. The van der Waals surface area contributed by atoms with Gasteiger partial charge in [0, 0.05) is 7.85 Å². The van der Waals surface area contributed by atoms with Gasteiger partial charge in [-0.1, -0.05) is 47.5 Å². The summed E-state index contributed by atoms with van der Waals surface area (Å²) in [6, 6.07) is 0. The van der Waals surface area contributed by atoms with E-state index in [0.717, 1.165) is 0 Å². The molecule has 0 aromatic heterocycles. The number of carbonyl (C=O) groups is 1. The smallest absolute Gasteiger partial charge is 0.129 e. The molecule has 0 saturated heterocycles. The Bertz CT molecular complexity index is 66.3. The van der Waals surface area contributed by atoms with E-state index >= 15 is 0 Å². The molecule has 0 spiro atoms. The van der Waals surface area contributed by atoms with E-state index in [9.17, 15) is 4.79 Å². The average Bonchev–Trinajstić information content (AvgIpc) is 2.11.